The number of benzene rings is 1. The zero-order chi connectivity index (χ0) is 17.9. The molecule has 0 saturated carbocycles. The average molecular weight is 357 g/mol. The Kier molecular flexibility index (Phi) is 5.13. The summed E-state index contributed by atoms with van der Waals surface area (Å²) in [6, 6.07) is 6.08. The summed E-state index contributed by atoms with van der Waals surface area (Å²) in [7, 11) is 1.97. The van der Waals surface area contributed by atoms with Crippen molar-refractivity contribution in [2.45, 2.75) is 32.4 Å². The van der Waals surface area contributed by atoms with Crippen molar-refractivity contribution < 1.29 is 14.2 Å². The quantitative estimate of drug-likeness (QED) is 0.796. The zero-order valence-corrected chi connectivity index (χ0v) is 15.6. The van der Waals surface area contributed by atoms with Crippen LogP contribution in [0.5, 0.6) is 11.5 Å². The van der Waals surface area contributed by atoms with E-state index in [9.17, 15) is 0 Å². The molecule has 0 unspecified atom stereocenters. The van der Waals surface area contributed by atoms with Crippen LogP contribution in [-0.4, -0.2) is 53.7 Å². The lowest BCUT2D eigenvalue weighted by atomic mass is 10.1. The molecule has 0 amide bonds. The Morgan fingerprint density at radius 1 is 1.19 bits per heavy atom. The van der Waals surface area contributed by atoms with Crippen LogP contribution in [0, 0.1) is 0 Å². The van der Waals surface area contributed by atoms with E-state index in [0.717, 1.165) is 49.0 Å². The van der Waals surface area contributed by atoms with Crippen LogP contribution in [0.3, 0.4) is 0 Å². The first-order valence-electron chi connectivity index (χ1n) is 9.49. The highest BCUT2D eigenvalue weighted by molar-refractivity contribution is 5.66. The third-order valence-corrected chi connectivity index (χ3v) is 5.05. The highest BCUT2D eigenvalue weighted by Crippen LogP contribution is 2.35. The van der Waals surface area contributed by atoms with Crippen molar-refractivity contribution in [2.24, 2.45) is 7.05 Å². The third kappa shape index (κ3) is 3.71. The summed E-state index contributed by atoms with van der Waals surface area (Å²) in [5.41, 5.74) is 3.30. The molecule has 140 valence electrons. The smallest absolute Gasteiger partial charge is 0.162 e. The van der Waals surface area contributed by atoms with Crippen molar-refractivity contribution >= 4 is 0 Å². The fraction of sp³-hybridized carbons (Fsp3) is 0.550. The Bertz CT molecular complexity index is 753. The summed E-state index contributed by atoms with van der Waals surface area (Å²) < 4.78 is 19.1. The first-order chi connectivity index (χ1) is 12.7. The van der Waals surface area contributed by atoms with Crippen molar-refractivity contribution in [3.63, 3.8) is 0 Å². The number of nitrogens with zero attached hydrogens (tertiary/aromatic N) is 3. The van der Waals surface area contributed by atoms with Gasteiger partial charge in [-0.1, -0.05) is 6.92 Å². The number of aromatic nitrogens is 2. The lowest BCUT2D eigenvalue weighted by Gasteiger charge is -2.23. The monoisotopic (exact) mass is 357 g/mol. The number of likely N-dealkylation sites (N-methyl/N-ethyl adjacent to an activating group) is 1. The first-order valence-corrected chi connectivity index (χ1v) is 9.49. The van der Waals surface area contributed by atoms with Crippen LogP contribution < -0.4 is 9.47 Å². The molecule has 3 heterocycles. The number of hydrogen-bond acceptors (Lipinski definition) is 5. The number of ether oxygens (including phenoxy) is 3. The second-order valence-corrected chi connectivity index (χ2v) is 7.00. The Hall–Kier alpha value is -2.05. The van der Waals surface area contributed by atoms with Crippen molar-refractivity contribution in [3.8, 4) is 22.8 Å². The highest BCUT2D eigenvalue weighted by Gasteiger charge is 2.21. The van der Waals surface area contributed by atoms with Crippen molar-refractivity contribution in [1.82, 2.24) is 14.7 Å². The van der Waals surface area contributed by atoms with E-state index < -0.39 is 0 Å². The van der Waals surface area contributed by atoms with E-state index in [0.29, 0.717) is 19.3 Å². The van der Waals surface area contributed by atoms with E-state index in [2.05, 4.69) is 24.1 Å². The van der Waals surface area contributed by atoms with Gasteiger partial charge in [-0.3, -0.25) is 9.58 Å². The summed E-state index contributed by atoms with van der Waals surface area (Å²) in [5.74, 6) is 1.61. The van der Waals surface area contributed by atoms with Crippen molar-refractivity contribution in [1.29, 1.82) is 0 Å². The van der Waals surface area contributed by atoms with Gasteiger partial charge in [0.25, 0.3) is 0 Å². The molecule has 6 nitrogen and oxygen atoms in total. The predicted octanol–water partition coefficient (Wildman–Crippen LogP) is 2.86. The Morgan fingerprint density at radius 3 is 2.81 bits per heavy atom. The molecule has 0 N–H and O–H groups in total. The Morgan fingerprint density at radius 2 is 2.04 bits per heavy atom. The second kappa shape index (κ2) is 7.68. The summed E-state index contributed by atoms with van der Waals surface area (Å²) >= 11 is 0. The van der Waals surface area contributed by atoms with Gasteiger partial charge in [-0.25, -0.2) is 0 Å². The van der Waals surface area contributed by atoms with E-state index in [1.54, 1.807) is 0 Å². The van der Waals surface area contributed by atoms with Crippen LogP contribution in [-0.2, 0) is 18.3 Å². The molecule has 0 bridgehead atoms. The maximum Gasteiger partial charge on any atom is 0.162 e. The molecular weight excluding hydrogens is 330 g/mol. The van der Waals surface area contributed by atoms with E-state index in [4.69, 9.17) is 19.3 Å². The number of aryl methyl sites for hydroxylation is 1. The SMILES string of the molecule is CCN(Cc1cn(C)nc1-c1ccc2c(c1)OCCO2)C[C@@H]1CCCO1. The fourth-order valence-corrected chi connectivity index (χ4v) is 3.71. The summed E-state index contributed by atoms with van der Waals surface area (Å²) in [6.45, 7) is 7.15. The van der Waals surface area contributed by atoms with Gasteiger partial charge in [0.15, 0.2) is 11.5 Å². The zero-order valence-electron chi connectivity index (χ0n) is 15.6. The summed E-state index contributed by atoms with van der Waals surface area (Å²) in [6.07, 6.45) is 4.82. The minimum absolute atomic E-state index is 0.365. The van der Waals surface area contributed by atoms with Crippen LogP contribution >= 0.6 is 0 Å². The molecule has 1 aromatic heterocycles. The van der Waals surface area contributed by atoms with E-state index >= 15 is 0 Å². The molecule has 0 aliphatic carbocycles. The molecular formula is C20H27N3O3. The highest BCUT2D eigenvalue weighted by atomic mass is 16.6. The van der Waals surface area contributed by atoms with Gasteiger partial charge in [0.2, 0.25) is 0 Å². The van der Waals surface area contributed by atoms with Crippen LogP contribution in [0.15, 0.2) is 24.4 Å². The van der Waals surface area contributed by atoms with Gasteiger partial charge in [-0.05, 0) is 37.6 Å². The second-order valence-electron chi connectivity index (χ2n) is 7.00. The molecule has 1 fully saturated rings. The minimum Gasteiger partial charge on any atom is -0.486 e. The van der Waals surface area contributed by atoms with Gasteiger partial charge in [0.1, 0.15) is 13.2 Å². The molecule has 2 aliphatic heterocycles. The number of hydrogen-bond donors (Lipinski definition) is 0. The molecule has 2 aromatic rings. The molecule has 0 spiro atoms. The van der Waals surface area contributed by atoms with Gasteiger partial charge in [0.05, 0.1) is 11.8 Å². The Labute approximate surface area is 154 Å². The lowest BCUT2D eigenvalue weighted by molar-refractivity contribution is 0.0725. The van der Waals surface area contributed by atoms with Crippen molar-refractivity contribution in [3.05, 3.63) is 30.0 Å². The van der Waals surface area contributed by atoms with Crippen LogP contribution in [0.25, 0.3) is 11.3 Å². The standard InChI is InChI=1S/C20H27N3O3/c1-3-23(14-17-5-4-8-24-17)13-16-12-22(2)21-20(16)15-6-7-18-19(11-15)26-10-9-25-18/h6-7,11-12,17H,3-5,8-10,13-14H2,1-2H3/t17-/m0/s1. The summed E-state index contributed by atoms with van der Waals surface area (Å²) in [5, 5.41) is 4.71. The van der Waals surface area contributed by atoms with E-state index in [1.807, 2.05) is 23.9 Å². The molecule has 0 radical (unpaired) electrons. The number of fused-ring (bicyclic) bond motifs is 1. The average Bonchev–Trinajstić information content (AvgIpc) is 3.30. The number of rotatable bonds is 6. The van der Waals surface area contributed by atoms with Gasteiger partial charge in [-0.15, -0.1) is 0 Å². The molecule has 4 rings (SSSR count). The van der Waals surface area contributed by atoms with Crippen molar-refractivity contribution in [2.75, 3.05) is 32.9 Å². The topological polar surface area (TPSA) is 48.8 Å². The third-order valence-electron chi connectivity index (χ3n) is 5.05. The molecule has 1 saturated heterocycles. The summed E-state index contributed by atoms with van der Waals surface area (Å²) in [4.78, 5) is 2.44. The van der Waals surface area contributed by atoms with Gasteiger partial charge in [0, 0.05) is 44.1 Å². The molecule has 1 atom stereocenters. The first kappa shape index (κ1) is 17.4. The van der Waals surface area contributed by atoms with E-state index in [-0.39, 0.29) is 0 Å². The molecule has 26 heavy (non-hydrogen) atoms. The van der Waals surface area contributed by atoms with E-state index in [1.165, 1.54) is 18.4 Å². The molecule has 6 heteroatoms. The maximum absolute atomic E-state index is 5.81. The molecule has 2 aliphatic rings. The predicted molar refractivity (Wildman–Crippen MR) is 99.6 cm³/mol. The van der Waals surface area contributed by atoms with Crippen LogP contribution in [0.2, 0.25) is 0 Å². The molecule has 1 aromatic carbocycles. The maximum atomic E-state index is 5.81. The van der Waals surface area contributed by atoms with Gasteiger partial charge < -0.3 is 14.2 Å². The van der Waals surface area contributed by atoms with Crippen LogP contribution in [0.1, 0.15) is 25.3 Å². The van der Waals surface area contributed by atoms with Gasteiger partial charge >= 0.3 is 0 Å². The van der Waals surface area contributed by atoms with Crippen LogP contribution in [0.4, 0.5) is 0 Å². The fourth-order valence-electron chi connectivity index (χ4n) is 3.71. The lowest BCUT2D eigenvalue weighted by Crippen LogP contribution is -2.31. The minimum atomic E-state index is 0.365. The normalized spacial score (nSPS) is 19.3. The largest absolute Gasteiger partial charge is 0.486 e. The Balaban J connectivity index is 1.56. The van der Waals surface area contributed by atoms with Gasteiger partial charge in [-0.2, -0.15) is 5.10 Å².